The van der Waals surface area contributed by atoms with E-state index < -0.39 is 24.1 Å². The third-order valence-electron chi connectivity index (χ3n) is 5.12. The van der Waals surface area contributed by atoms with Crippen molar-refractivity contribution in [1.82, 2.24) is 0 Å². The highest BCUT2D eigenvalue weighted by molar-refractivity contribution is 5.85. The van der Waals surface area contributed by atoms with Gasteiger partial charge in [-0.15, -0.1) is 0 Å². The minimum atomic E-state index is -1.90. The molecule has 0 saturated heterocycles. The molecule has 0 aliphatic carbocycles. The first-order chi connectivity index (χ1) is 14.3. The van der Waals surface area contributed by atoms with Crippen LogP contribution in [0.25, 0.3) is 0 Å². The SMILES string of the molecule is CC(C)CCCCCCCOC(=O)C(O)C(O)C(=O)OCCCCCCCC(C)C. The lowest BCUT2D eigenvalue weighted by Gasteiger charge is -2.16. The van der Waals surface area contributed by atoms with E-state index in [0.29, 0.717) is 12.8 Å². The highest BCUT2D eigenvalue weighted by Gasteiger charge is 2.32. The van der Waals surface area contributed by atoms with Crippen molar-refractivity contribution in [1.29, 1.82) is 0 Å². The molecule has 0 radical (unpaired) electrons. The number of aliphatic hydroxyl groups is 2. The Morgan fingerprint density at radius 3 is 1.20 bits per heavy atom. The normalized spacial score (nSPS) is 13.5. The van der Waals surface area contributed by atoms with Crippen LogP contribution in [0.1, 0.15) is 105 Å². The summed E-state index contributed by atoms with van der Waals surface area (Å²) in [7, 11) is 0. The molecule has 2 atom stereocenters. The summed E-state index contributed by atoms with van der Waals surface area (Å²) < 4.78 is 9.92. The summed E-state index contributed by atoms with van der Waals surface area (Å²) in [5, 5.41) is 19.6. The molecule has 0 fully saturated rings. The lowest BCUT2D eigenvalue weighted by atomic mass is 10.0. The smallest absolute Gasteiger partial charge is 0.338 e. The molecule has 0 aromatic heterocycles. The van der Waals surface area contributed by atoms with Crippen LogP contribution in [0.15, 0.2) is 0 Å². The summed E-state index contributed by atoms with van der Waals surface area (Å²) in [6.07, 6.45) is 8.88. The third-order valence-corrected chi connectivity index (χ3v) is 5.12. The minimum Gasteiger partial charge on any atom is -0.464 e. The predicted molar refractivity (Wildman–Crippen MR) is 119 cm³/mol. The molecule has 0 bridgehead atoms. The zero-order chi connectivity index (χ0) is 22.8. The Balaban J connectivity index is 3.74. The molecule has 0 aromatic carbocycles. The van der Waals surface area contributed by atoms with Gasteiger partial charge in [0.15, 0.2) is 12.2 Å². The maximum absolute atomic E-state index is 11.8. The third kappa shape index (κ3) is 16.6. The molecule has 0 spiro atoms. The van der Waals surface area contributed by atoms with Crippen LogP contribution in [0.2, 0.25) is 0 Å². The van der Waals surface area contributed by atoms with Crippen LogP contribution in [0.4, 0.5) is 0 Å². The summed E-state index contributed by atoms with van der Waals surface area (Å²) in [4.78, 5) is 23.6. The molecule has 0 amide bonds. The predicted octanol–water partition coefficient (Wildman–Crippen LogP) is 4.79. The molecule has 6 heteroatoms. The summed E-state index contributed by atoms with van der Waals surface area (Å²) in [5.41, 5.74) is 0. The van der Waals surface area contributed by atoms with Gasteiger partial charge in [-0.25, -0.2) is 9.59 Å². The van der Waals surface area contributed by atoms with Crippen molar-refractivity contribution in [3.05, 3.63) is 0 Å². The van der Waals surface area contributed by atoms with Crippen molar-refractivity contribution < 1.29 is 29.3 Å². The Hall–Kier alpha value is -1.14. The van der Waals surface area contributed by atoms with Crippen LogP contribution < -0.4 is 0 Å². The van der Waals surface area contributed by atoms with Crippen LogP contribution in [0.5, 0.6) is 0 Å². The second-order valence-corrected chi connectivity index (χ2v) is 9.13. The van der Waals surface area contributed by atoms with Gasteiger partial charge in [-0.2, -0.15) is 0 Å². The topological polar surface area (TPSA) is 93.1 Å². The van der Waals surface area contributed by atoms with Crippen LogP contribution in [-0.4, -0.2) is 47.6 Å². The van der Waals surface area contributed by atoms with Crippen LogP contribution in [-0.2, 0) is 19.1 Å². The number of unbranched alkanes of at least 4 members (excludes halogenated alkanes) is 8. The van der Waals surface area contributed by atoms with Gasteiger partial charge in [0.05, 0.1) is 13.2 Å². The maximum atomic E-state index is 11.8. The Morgan fingerprint density at radius 2 is 0.867 bits per heavy atom. The van der Waals surface area contributed by atoms with Crippen molar-refractivity contribution >= 4 is 11.9 Å². The van der Waals surface area contributed by atoms with Gasteiger partial charge in [0.2, 0.25) is 0 Å². The van der Waals surface area contributed by atoms with E-state index in [-0.39, 0.29) is 13.2 Å². The van der Waals surface area contributed by atoms with Gasteiger partial charge in [-0.05, 0) is 24.7 Å². The number of carbonyl (C=O) groups excluding carboxylic acids is 2. The number of aliphatic hydroxyl groups excluding tert-OH is 2. The fraction of sp³-hybridized carbons (Fsp3) is 0.917. The lowest BCUT2D eigenvalue weighted by molar-refractivity contribution is -0.173. The summed E-state index contributed by atoms with van der Waals surface area (Å²) >= 11 is 0. The fourth-order valence-corrected chi connectivity index (χ4v) is 3.14. The van der Waals surface area contributed by atoms with Gasteiger partial charge in [-0.3, -0.25) is 0 Å². The molecule has 0 aromatic rings. The molecule has 178 valence electrons. The molecule has 6 nitrogen and oxygen atoms in total. The molecular weight excluding hydrogens is 384 g/mol. The Kier molecular flexibility index (Phi) is 17.9. The van der Waals surface area contributed by atoms with Crippen molar-refractivity contribution in [3.63, 3.8) is 0 Å². The van der Waals surface area contributed by atoms with E-state index in [4.69, 9.17) is 9.47 Å². The average Bonchev–Trinajstić information content (AvgIpc) is 2.69. The van der Waals surface area contributed by atoms with Crippen molar-refractivity contribution in [2.75, 3.05) is 13.2 Å². The van der Waals surface area contributed by atoms with E-state index in [1.165, 1.54) is 25.7 Å². The number of hydrogen-bond acceptors (Lipinski definition) is 6. The molecule has 2 N–H and O–H groups in total. The molecule has 0 aliphatic heterocycles. The molecule has 0 aliphatic rings. The Labute approximate surface area is 183 Å². The van der Waals surface area contributed by atoms with Gasteiger partial charge in [0, 0.05) is 0 Å². The number of rotatable bonds is 19. The number of carbonyl (C=O) groups is 2. The monoisotopic (exact) mass is 430 g/mol. The second kappa shape index (κ2) is 18.6. The zero-order valence-electron chi connectivity index (χ0n) is 19.7. The van der Waals surface area contributed by atoms with Gasteiger partial charge in [0.1, 0.15) is 0 Å². The average molecular weight is 431 g/mol. The number of ether oxygens (including phenoxy) is 2. The molecule has 2 unspecified atom stereocenters. The molecule has 0 rings (SSSR count). The van der Waals surface area contributed by atoms with Crippen molar-refractivity contribution in [3.8, 4) is 0 Å². The highest BCUT2D eigenvalue weighted by atomic mass is 16.6. The number of hydrogen-bond donors (Lipinski definition) is 2. The summed E-state index contributed by atoms with van der Waals surface area (Å²) in [6.45, 7) is 9.21. The fourth-order valence-electron chi connectivity index (χ4n) is 3.14. The van der Waals surface area contributed by atoms with Gasteiger partial charge in [-0.1, -0.05) is 91.9 Å². The van der Waals surface area contributed by atoms with Crippen LogP contribution >= 0.6 is 0 Å². The minimum absolute atomic E-state index is 0.179. The lowest BCUT2D eigenvalue weighted by Crippen LogP contribution is -2.41. The Morgan fingerprint density at radius 1 is 0.567 bits per heavy atom. The molecule has 0 heterocycles. The van der Waals surface area contributed by atoms with Gasteiger partial charge < -0.3 is 19.7 Å². The van der Waals surface area contributed by atoms with E-state index in [1.807, 2.05) is 0 Å². The first kappa shape index (κ1) is 28.9. The van der Waals surface area contributed by atoms with Crippen molar-refractivity contribution in [2.24, 2.45) is 11.8 Å². The van der Waals surface area contributed by atoms with Gasteiger partial charge in [0.25, 0.3) is 0 Å². The van der Waals surface area contributed by atoms with E-state index in [0.717, 1.165) is 50.4 Å². The quantitative estimate of drug-likeness (QED) is 0.226. The van der Waals surface area contributed by atoms with E-state index in [1.54, 1.807) is 0 Å². The standard InChI is InChI=1S/C24H46O6/c1-19(2)15-11-7-5-9-13-17-29-23(27)21(25)22(26)24(28)30-18-14-10-6-8-12-16-20(3)4/h19-22,25-26H,5-18H2,1-4H3. The largest absolute Gasteiger partial charge is 0.464 e. The highest BCUT2D eigenvalue weighted by Crippen LogP contribution is 2.12. The molecular formula is C24H46O6. The van der Waals surface area contributed by atoms with E-state index in [2.05, 4.69) is 27.7 Å². The van der Waals surface area contributed by atoms with E-state index >= 15 is 0 Å². The zero-order valence-corrected chi connectivity index (χ0v) is 19.7. The first-order valence-corrected chi connectivity index (χ1v) is 11.9. The Bertz CT molecular complexity index is 395. The van der Waals surface area contributed by atoms with Crippen LogP contribution in [0.3, 0.4) is 0 Å². The first-order valence-electron chi connectivity index (χ1n) is 11.9. The summed E-state index contributed by atoms with van der Waals surface area (Å²) in [5.74, 6) is -0.510. The molecule has 30 heavy (non-hydrogen) atoms. The van der Waals surface area contributed by atoms with E-state index in [9.17, 15) is 19.8 Å². The summed E-state index contributed by atoms with van der Waals surface area (Å²) in [6, 6.07) is 0. The second-order valence-electron chi connectivity index (χ2n) is 9.13. The molecule has 0 saturated carbocycles. The van der Waals surface area contributed by atoms with Crippen LogP contribution in [0, 0.1) is 11.8 Å². The van der Waals surface area contributed by atoms with Gasteiger partial charge >= 0.3 is 11.9 Å². The number of esters is 2. The van der Waals surface area contributed by atoms with Crippen molar-refractivity contribution in [2.45, 2.75) is 117 Å². The maximum Gasteiger partial charge on any atom is 0.338 e.